The van der Waals surface area contributed by atoms with Crippen LogP contribution >= 0.6 is 0 Å². The Kier molecular flexibility index (Phi) is 4.79. The second kappa shape index (κ2) is 7.13. The number of aryl methyl sites for hydroxylation is 2. The Morgan fingerprint density at radius 2 is 1.93 bits per heavy atom. The molecule has 1 N–H and O–H groups in total. The molecule has 2 aliphatic carbocycles. The quantitative estimate of drug-likeness (QED) is 0.624. The van der Waals surface area contributed by atoms with E-state index in [0.29, 0.717) is 0 Å². The maximum Gasteiger partial charge on any atom is 0.171 e. The molecule has 0 spiro atoms. The van der Waals surface area contributed by atoms with Crippen molar-refractivity contribution in [3.8, 4) is 5.75 Å². The van der Waals surface area contributed by atoms with Crippen molar-refractivity contribution in [3.63, 3.8) is 0 Å². The van der Waals surface area contributed by atoms with E-state index >= 15 is 0 Å². The van der Waals surface area contributed by atoms with Crippen LogP contribution < -0.4 is 4.89 Å². The number of hydrogen-bond donors (Lipinski definition) is 1. The van der Waals surface area contributed by atoms with Crippen LogP contribution in [0.15, 0.2) is 35.1 Å². The van der Waals surface area contributed by atoms with E-state index in [2.05, 4.69) is 45.9 Å². The molecule has 0 saturated heterocycles. The lowest BCUT2D eigenvalue weighted by Gasteiger charge is -2.41. The van der Waals surface area contributed by atoms with Crippen LogP contribution in [-0.2, 0) is 15.2 Å². The lowest BCUT2D eigenvalue weighted by molar-refractivity contribution is -0.269. The minimum atomic E-state index is -0.385. The lowest BCUT2D eigenvalue weighted by Crippen LogP contribution is -2.35. The fourth-order valence-electron chi connectivity index (χ4n) is 5.82. The molecule has 162 valence electrons. The van der Waals surface area contributed by atoms with Gasteiger partial charge in [0, 0.05) is 17.4 Å². The van der Waals surface area contributed by atoms with Crippen molar-refractivity contribution >= 4 is 0 Å². The third-order valence-electron chi connectivity index (χ3n) is 8.12. The summed E-state index contributed by atoms with van der Waals surface area (Å²) in [7, 11) is 0. The van der Waals surface area contributed by atoms with E-state index in [1.165, 1.54) is 33.6 Å². The summed E-state index contributed by atoms with van der Waals surface area (Å²) in [4.78, 5) is 11.3. The molecule has 2 heterocycles. The molecule has 4 aliphatic rings. The van der Waals surface area contributed by atoms with Crippen LogP contribution in [0, 0.1) is 19.3 Å². The van der Waals surface area contributed by atoms with Gasteiger partial charge >= 0.3 is 0 Å². The van der Waals surface area contributed by atoms with Gasteiger partial charge in [-0.2, -0.15) is 4.89 Å². The van der Waals surface area contributed by atoms with E-state index in [0.717, 1.165) is 57.1 Å². The van der Waals surface area contributed by atoms with E-state index in [1.54, 1.807) is 0 Å². The van der Waals surface area contributed by atoms with Crippen LogP contribution in [0.2, 0.25) is 0 Å². The highest BCUT2D eigenvalue weighted by Crippen LogP contribution is 2.53. The average molecular weight is 411 g/mol. The molecule has 1 aromatic rings. The standard InChI is InChI=1S/C26H34O4/c1-16-14-21-23(15-17(16)2)29-30-26(21,4)12-5-6-18-7-8-19-20-9-10-24(27)25(20,3)13-11-22(19)28-18/h9,14-15,18,24,27H,5-8,10-13H2,1-4H3. The van der Waals surface area contributed by atoms with E-state index in [9.17, 15) is 5.11 Å². The van der Waals surface area contributed by atoms with Crippen molar-refractivity contribution in [1.29, 1.82) is 0 Å². The molecule has 1 aromatic carbocycles. The molecule has 4 unspecified atom stereocenters. The normalized spacial score (nSPS) is 34.6. The van der Waals surface area contributed by atoms with Crippen LogP contribution in [0.25, 0.3) is 0 Å². The van der Waals surface area contributed by atoms with E-state index in [4.69, 9.17) is 14.5 Å². The summed E-state index contributed by atoms with van der Waals surface area (Å²) in [6, 6.07) is 4.30. The molecule has 2 aliphatic heterocycles. The highest BCUT2D eigenvalue weighted by atomic mass is 17.2. The SMILES string of the molecule is Cc1cc2c(cc1C)C(C)(CCCC1CCC3=C(CCC4(C)C3=CCC4O)O1)OO2. The maximum absolute atomic E-state index is 10.4. The first-order chi connectivity index (χ1) is 14.3. The number of ether oxygens (including phenoxy) is 1. The summed E-state index contributed by atoms with van der Waals surface area (Å²) in [5, 5.41) is 10.4. The van der Waals surface area contributed by atoms with E-state index < -0.39 is 0 Å². The Bertz CT molecular complexity index is 929. The summed E-state index contributed by atoms with van der Waals surface area (Å²) in [6.45, 7) is 8.60. The summed E-state index contributed by atoms with van der Waals surface area (Å²) < 4.78 is 6.47. The van der Waals surface area contributed by atoms with Crippen LogP contribution in [0.1, 0.15) is 81.9 Å². The largest absolute Gasteiger partial charge is 0.494 e. The second-order valence-electron chi connectivity index (χ2n) is 10.2. The Hall–Kier alpha value is -1.78. The van der Waals surface area contributed by atoms with Crippen molar-refractivity contribution < 1.29 is 19.6 Å². The average Bonchev–Trinajstić information content (AvgIpc) is 3.20. The first-order valence-corrected chi connectivity index (χ1v) is 11.6. The van der Waals surface area contributed by atoms with Crippen molar-refractivity contribution in [2.45, 2.75) is 96.9 Å². The molecule has 4 heteroatoms. The first kappa shape index (κ1) is 20.1. The minimum absolute atomic E-state index is 0.0622. The molecule has 0 aromatic heterocycles. The molecular weight excluding hydrogens is 376 g/mol. The number of aliphatic hydroxyl groups excluding tert-OH is 1. The van der Waals surface area contributed by atoms with Gasteiger partial charge in [-0.3, -0.25) is 0 Å². The van der Waals surface area contributed by atoms with Crippen molar-refractivity contribution in [2.24, 2.45) is 5.41 Å². The minimum Gasteiger partial charge on any atom is -0.494 e. The number of allylic oxidation sites excluding steroid dienone is 2. The molecule has 4 atom stereocenters. The van der Waals surface area contributed by atoms with Gasteiger partial charge in [-0.1, -0.05) is 13.0 Å². The Morgan fingerprint density at radius 1 is 1.13 bits per heavy atom. The first-order valence-electron chi connectivity index (χ1n) is 11.6. The molecular formula is C26H34O4. The predicted octanol–water partition coefficient (Wildman–Crippen LogP) is 5.94. The molecule has 0 fully saturated rings. The number of aliphatic hydroxyl groups is 1. The summed E-state index contributed by atoms with van der Waals surface area (Å²) >= 11 is 0. The molecule has 30 heavy (non-hydrogen) atoms. The van der Waals surface area contributed by atoms with Gasteiger partial charge in [-0.05, 0) is 100 Å². The van der Waals surface area contributed by atoms with E-state index in [-0.39, 0.29) is 23.2 Å². The molecule has 5 rings (SSSR count). The fourth-order valence-corrected chi connectivity index (χ4v) is 5.82. The van der Waals surface area contributed by atoms with Gasteiger partial charge in [-0.25, -0.2) is 0 Å². The van der Waals surface area contributed by atoms with Gasteiger partial charge in [0.05, 0.1) is 18.0 Å². The molecule has 0 amide bonds. The van der Waals surface area contributed by atoms with Crippen molar-refractivity contribution in [1.82, 2.24) is 0 Å². The zero-order valence-corrected chi connectivity index (χ0v) is 18.7. The summed E-state index contributed by atoms with van der Waals surface area (Å²) in [5.41, 5.74) is 5.97. The van der Waals surface area contributed by atoms with Gasteiger partial charge in [-0.15, -0.1) is 0 Å². The highest BCUT2D eigenvalue weighted by Gasteiger charge is 2.46. The number of hydrogen-bond acceptors (Lipinski definition) is 4. The second-order valence-corrected chi connectivity index (χ2v) is 10.2. The van der Waals surface area contributed by atoms with Crippen LogP contribution in [0.5, 0.6) is 5.75 Å². The zero-order valence-electron chi connectivity index (χ0n) is 18.7. The molecule has 0 bridgehead atoms. The fraction of sp³-hybridized carbons (Fsp3) is 0.615. The highest BCUT2D eigenvalue weighted by molar-refractivity contribution is 5.47. The van der Waals surface area contributed by atoms with Crippen LogP contribution in [0.3, 0.4) is 0 Å². The van der Waals surface area contributed by atoms with E-state index in [1.807, 2.05) is 0 Å². The van der Waals surface area contributed by atoms with Gasteiger partial charge in [0.15, 0.2) is 5.75 Å². The van der Waals surface area contributed by atoms with Gasteiger partial charge in [0.1, 0.15) is 5.60 Å². The number of rotatable bonds is 4. The third-order valence-corrected chi connectivity index (χ3v) is 8.12. The summed E-state index contributed by atoms with van der Waals surface area (Å²) in [6.07, 6.45) is 10.2. The van der Waals surface area contributed by atoms with Crippen LogP contribution in [-0.4, -0.2) is 17.3 Å². The maximum atomic E-state index is 10.4. The third kappa shape index (κ3) is 3.11. The topological polar surface area (TPSA) is 47.9 Å². The van der Waals surface area contributed by atoms with Gasteiger partial charge in [0.25, 0.3) is 0 Å². The lowest BCUT2D eigenvalue weighted by atomic mass is 9.69. The predicted molar refractivity (Wildman–Crippen MR) is 116 cm³/mol. The van der Waals surface area contributed by atoms with Gasteiger partial charge in [0.2, 0.25) is 0 Å². The van der Waals surface area contributed by atoms with Gasteiger partial charge < -0.3 is 14.7 Å². The summed E-state index contributed by atoms with van der Waals surface area (Å²) in [5.74, 6) is 2.05. The zero-order chi connectivity index (χ0) is 21.1. The van der Waals surface area contributed by atoms with Crippen LogP contribution in [0.4, 0.5) is 0 Å². The van der Waals surface area contributed by atoms with Crippen molar-refractivity contribution in [2.75, 3.05) is 0 Å². The Labute approximate surface area is 179 Å². The smallest absolute Gasteiger partial charge is 0.171 e. The Balaban J connectivity index is 1.22. The molecule has 0 radical (unpaired) electrons. The number of fused-ring (bicyclic) bond motifs is 3. The molecule has 0 saturated carbocycles. The number of benzene rings is 1. The monoisotopic (exact) mass is 410 g/mol. The molecule has 4 nitrogen and oxygen atoms in total. The Morgan fingerprint density at radius 3 is 2.77 bits per heavy atom. The van der Waals surface area contributed by atoms with Crippen molar-refractivity contribution in [3.05, 3.63) is 51.8 Å².